The molecule has 0 N–H and O–H groups in total. The fraction of sp³-hybridized carbons (Fsp3) is 0.400. The van der Waals surface area contributed by atoms with E-state index in [1.165, 1.54) is 0 Å². The van der Waals surface area contributed by atoms with Gasteiger partial charge in [0.2, 0.25) is 0 Å². The molecular formula is C50H88O2. The van der Waals surface area contributed by atoms with E-state index in [4.69, 9.17) is 9.47 Å². The van der Waals surface area contributed by atoms with Crippen molar-refractivity contribution in [2.75, 3.05) is 14.2 Å². The van der Waals surface area contributed by atoms with Gasteiger partial charge in [0, 0.05) is 0 Å². The Hall–Kier alpha value is -4.30. The summed E-state index contributed by atoms with van der Waals surface area (Å²) in [6.45, 7) is 36.0. The summed E-state index contributed by atoms with van der Waals surface area (Å²) in [7, 11) is 3.32. The molecule has 2 heteroatoms. The average Bonchev–Trinajstić information content (AvgIpc) is 3.33. The second-order valence-electron chi connectivity index (χ2n) is 6.50. The highest BCUT2D eigenvalue weighted by atomic mass is 16.5. The van der Waals surface area contributed by atoms with Crippen molar-refractivity contribution in [3.05, 3.63) is 170 Å². The molecule has 2 nitrogen and oxygen atoms in total. The van der Waals surface area contributed by atoms with Gasteiger partial charge in [-0.3, -0.25) is 0 Å². The monoisotopic (exact) mass is 721 g/mol. The lowest BCUT2D eigenvalue weighted by Gasteiger charge is -1.93. The third-order valence-electron chi connectivity index (χ3n) is 3.96. The maximum atomic E-state index is 4.91. The van der Waals surface area contributed by atoms with Gasteiger partial charge in [-0.2, -0.15) is 0 Å². The number of benzene rings is 5. The van der Waals surface area contributed by atoms with Gasteiger partial charge < -0.3 is 9.47 Å². The van der Waals surface area contributed by atoms with E-state index in [0.717, 1.165) is 11.5 Å². The van der Waals surface area contributed by atoms with Crippen molar-refractivity contribution in [1.29, 1.82) is 0 Å². The average molecular weight is 721 g/mol. The maximum absolute atomic E-state index is 4.91. The normalized spacial score (nSPS) is 6.46. The molecule has 0 saturated heterocycles. The molecule has 0 aliphatic carbocycles. The first-order valence-corrected chi connectivity index (χ1v) is 20.0. The van der Waals surface area contributed by atoms with Gasteiger partial charge in [-0.15, -0.1) is 0 Å². The van der Waals surface area contributed by atoms with Gasteiger partial charge in [-0.25, -0.2) is 0 Å². The van der Waals surface area contributed by atoms with E-state index in [1.807, 2.05) is 294 Å². The highest BCUT2D eigenvalue weighted by molar-refractivity contribution is 5.21. The minimum absolute atomic E-state index is 0.910. The molecule has 52 heavy (non-hydrogen) atoms. The van der Waals surface area contributed by atoms with Crippen molar-refractivity contribution in [1.82, 2.24) is 0 Å². The Morgan fingerprint density at radius 2 is 0.288 bits per heavy atom. The molecule has 5 aromatic rings. The second kappa shape index (κ2) is 97.1. The van der Waals surface area contributed by atoms with Gasteiger partial charge in [0.1, 0.15) is 11.5 Å². The minimum Gasteiger partial charge on any atom is -0.497 e. The summed E-state index contributed by atoms with van der Waals surface area (Å²) in [6.07, 6.45) is 0. The number of ether oxygens (including phenoxy) is 2. The lowest BCUT2D eigenvalue weighted by atomic mass is 10.3. The Bertz CT molecular complexity index is 798. The first kappa shape index (κ1) is 69.5. The van der Waals surface area contributed by atoms with Gasteiger partial charge in [-0.05, 0) is 24.3 Å². The van der Waals surface area contributed by atoms with E-state index in [9.17, 15) is 0 Å². The first-order chi connectivity index (χ1) is 25.9. The Balaban J connectivity index is -0.0000000574. The molecule has 0 spiro atoms. The van der Waals surface area contributed by atoms with Crippen LogP contribution in [0.4, 0.5) is 0 Å². The van der Waals surface area contributed by atoms with Crippen molar-refractivity contribution in [2.24, 2.45) is 0 Å². The molecule has 0 aromatic heterocycles. The van der Waals surface area contributed by atoms with E-state index in [0.29, 0.717) is 0 Å². The summed E-state index contributed by atoms with van der Waals surface area (Å²) in [5, 5.41) is 0. The summed E-state index contributed by atoms with van der Waals surface area (Å²) in [5.74, 6) is 1.82. The van der Waals surface area contributed by atoms with Crippen LogP contribution >= 0.6 is 0 Å². The highest BCUT2D eigenvalue weighted by Gasteiger charge is 1.81. The second-order valence-corrected chi connectivity index (χ2v) is 6.50. The lowest BCUT2D eigenvalue weighted by Crippen LogP contribution is -1.78. The van der Waals surface area contributed by atoms with Crippen LogP contribution in [0.15, 0.2) is 170 Å². The lowest BCUT2D eigenvalue weighted by molar-refractivity contribution is 0.414. The largest absolute Gasteiger partial charge is 0.497 e. The summed E-state index contributed by atoms with van der Waals surface area (Å²) < 4.78 is 9.83. The molecule has 0 radical (unpaired) electrons. The molecule has 300 valence electrons. The van der Waals surface area contributed by atoms with Crippen molar-refractivity contribution < 1.29 is 9.47 Å². The maximum Gasteiger partial charge on any atom is 0.118 e. The van der Waals surface area contributed by atoms with Crippen molar-refractivity contribution >= 4 is 0 Å². The van der Waals surface area contributed by atoms with E-state index in [1.54, 1.807) is 14.2 Å². The molecule has 5 rings (SSSR count). The van der Waals surface area contributed by atoms with Gasteiger partial charge >= 0.3 is 0 Å². The third-order valence-corrected chi connectivity index (χ3v) is 3.96. The molecule has 0 saturated carbocycles. The smallest absolute Gasteiger partial charge is 0.118 e. The SMILES string of the molecule is CC.CC.CC.CC.CC.CC.CC.CC.CC.COc1ccccc1.COc1ccccc1.c1ccccc1.c1ccccc1.c1ccccc1. The predicted octanol–water partition coefficient (Wildman–Crippen LogP) is 17.7. The topological polar surface area (TPSA) is 18.5 Å². The molecule has 0 heterocycles. The summed E-state index contributed by atoms with van der Waals surface area (Å²) in [6, 6.07) is 55.4. The van der Waals surface area contributed by atoms with Crippen molar-refractivity contribution in [3.8, 4) is 11.5 Å². The van der Waals surface area contributed by atoms with Gasteiger partial charge in [-0.1, -0.05) is 270 Å². The van der Waals surface area contributed by atoms with E-state index < -0.39 is 0 Å². The Morgan fingerprint density at radius 3 is 0.365 bits per heavy atom. The summed E-state index contributed by atoms with van der Waals surface area (Å²) in [5.41, 5.74) is 0. The molecule has 0 unspecified atom stereocenters. The first-order valence-electron chi connectivity index (χ1n) is 20.0. The van der Waals surface area contributed by atoms with Crippen LogP contribution in [0.1, 0.15) is 125 Å². The fourth-order valence-electron chi connectivity index (χ4n) is 2.27. The van der Waals surface area contributed by atoms with Crippen LogP contribution in [0, 0.1) is 0 Å². The Morgan fingerprint density at radius 1 is 0.192 bits per heavy atom. The third kappa shape index (κ3) is 80.4. The minimum atomic E-state index is 0.910. The van der Waals surface area contributed by atoms with Crippen molar-refractivity contribution in [2.45, 2.75) is 125 Å². The number of methoxy groups -OCH3 is 2. The van der Waals surface area contributed by atoms with Gasteiger partial charge in [0.25, 0.3) is 0 Å². The predicted molar refractivity (Wildman–Crippen MR) is 247 cm³/mol. The molecule has 0 amide bonds. The molecule has 5 aromatic carbocycles. The van der Waals surface area contributed by atoms with Crippen LogP contribution in [0.5, 0.6) is 11.5 Å². The number of hydrogen-bond acceptors (Lipinski definition) is 2. The van der Waals surface area contributed by atoms with E-state index in [-0.39, 0.29) is 0 Å². The van der Waals surface area contributed by atoms with Crippen LogP contribution in [0.3, 0.4) is 0 Å². The Kier molecular flexibility index (Phi) is 130. The summed E-state index contributed by atoms with van der Waals surface area (Å²) >= 11 is 0. The number of hydrogen-bond donors (Lipinski definition) is 0. The van der Waals surface area contributed by atoms with Crippen LogP contribution in [0.2, 0.25) is 0 Å². The van der Waals surface area contributed by atoms with E-state index >= 15 is 0 Å². The van der Waals surface area contributed by atoms with Crippen LogP contribution in [-0.4, -0.2) is 14.2 Å². The molecule has 0 atom stereocenters. The number of para-hydroxylation sites is 2. The van der Waals surface area contributed by atoms with E-state index in [2.05, 4.69) is 0 Å². The molecule has 0 bridgehead atoms. The van der Waals surface area contributed by atoms with Gasteiger partial charge in [0.15, 0.2) is 0 Å². The molecular weight excluding hydrogens is 633 g/mol. The van der Waals surface area contributed by atoms with Crippen LogP contribution in [0.25, 0.3) is 0 Å². The van der Waals surface area contributed by atoms with Crippen LogP contribution in [-0.2, 0) is 0 Å². The molecule has 0 aliphatic rings. The van der Waals surface area contributed by atoms with Crippen LogP contribution < -0.4 is 9.47 Å². The fourth-order valence-corrected chi connectivity index (χ4v) is 2.27. The Labute approximate surface area is 328 Å². The van der Waals surface area contributed by atoms with Gasteiger partial charge in [0.05, 0.1) is 14.2 Å². The zero-order valence-corrected chi connectivity index (χ0v) is 38.0. The quantitative estimate of drug-likeness (QED) is 0.181. The van der Waals surface area contributed by atoms with Crippen molar-refractivity contribution in [3.63, 3.8) is 0 Å². The number of rotatable bonds is 2. The summed E-state index contributed by atoms with van der Waals surface area (Å²) in [4.78, 5) is 0. The zero-order chi connectivity index (χ0) is 42.4. The standard InChI is InChI=1S/2C7H8O.3C6H6.9C2H6/c2*1-8-7-5-3-2-4-6-7;3*1-2-4-6-5-3-1;9*1-2/h2*2-6H,1H3;3*1-6H;9*1-2H3. The molecule has 0 fully saturated rings. The highest BCUT2D eigenvalue weighted by Crippen LogP contribution is 2.06. The molecule has 0 aliphatic heterocycles. The zero-order valence-electron chi connectivity index (χ0n) is 38.0.